The van der Waals surface area contributed by atoms with E-state index in [0.717, 1.165) is 25.2 Å². The molecule has 2 fully saturated rings. The van der Waals surface area contributed by atoms with Gasteiger partial charge in [-0.05, 0) is 56.0 Å². The van der Waals surface area contributed by atoms with Crippen LogP contribution in [0.3, 0.4) is 0 Å². The molecule has 2 heterocycles. The van der Waals surface area contributed by atoms with Crippen LogP contribution < -0.4 is 5.32 Å². The zero-order valence-electron chi connectivity index (χ0n) is 14.8. The minimum Gasteiger partial charge on any atom is -0.399 e. The quantitative estimate of drug-likeness (QED) is 0.811. The van der Waals surface area contributed by atoms with Gasteiger partial charge in [-0.2, -0.15) is 4.31 Å². The van der Waals surface area contributed by atoms with Gasteiger partial charge in [-0.1, -0.05) is 17.3 Å². The van der Waals surface area contributed by atoms with Crippen molar-refractivity contribution >= 4 is 15.7 Å². The van der Waals surface area contributed by atoms with Crippen molar-refractivity contribution in [2.24, 2.45) is 11.1 Å². The number of hydrogen-bond acceptors (Lipinski definition) is 5. The molecule has 2 saturated heterocycles. The van der Waals surface area contributed by atoms with Crippen LogP contribution in [0.2, 0.25) is 0 Å². The third kappa shape index (κ3) is 4.59. The Morgan fingerprint density at radius 2 is 1.80 bits per heavy atom. The smallest absolute Gasteiger partial charge is 0.243 e. The van der Waals surface area contributed by atoms with Gasteiger partial charge in [-0.15, -0.1) is 0 Å². The molecule has 1 aromatic rings. The molecule has 7 heteroatoms. The van der Waals surface area contributed by atoms with E-state index in [1.807, 2.05) is 12.1 Å². The maximum Gasteiger partial charge on any atom is 0.243 e. The fraction of sp³-hybridized carbons (Fsp3) is 0.611. The highest BCUT2D eigenvalue weighted by Gasteiger charge is 2.28. The average molecular weight is 365 g/mol. The van der Waals surface area contributed by atoms with Crippen molar-refractivity contribution in [2.45, 2.75) is 37.0 Å². The van der Waals surface area contributed by atoms with Crippen molar-refractivity contribution in [3.8, 4) is 0 Å². The van der Waals surface area contributed by atoms with E-state index in [0.29, 0.717) is 36.7 Å². The standard InChI is InChI=1S/C18H27N3O3S/c1-24-20-17-8-12-21(13-9-17)25(22,23)18-4-2-15(3-5-18)14-16-6-10-19-11-7-16/h2-5,16,19H,6-14H2,1H3. The Morgan fingerprint density at radius 3 is 2.40 bits per heavy atom. The summed E-state index contributed by atoms with van der Waals surface area (Å²) in [5.74, 6) is 0.698. The predicted molar refractivity (Wildman–Crippen MR) is 98.2 cm³/mol. The molecule has 0 saturated carbocycles. The third-order valence-corrected chi connectivity index (χ3v) is 6.98. The molecule has 2 aliphatic rings. The molecule has 2 aliphatic heterocycles. The van der Waals surface area contributed by atoms with Crippen LogP contribution in [0.15, 0.2) is 34.3 Å². The van der Waals surface area contributed by atoms with Crippen LogP contribution in [0.5, 0.6) is 0 Å². The predicted octanol–water partition coefficient (Wildman–Crippen LogP) is 2.02. The topological polar surface area (TPSA) is 71.0 Å². The maximum atomic E-state index is 12.8. The van der Waals surface area contributed by atoms with Gasteiger partial charge in [0.15, 0.2) is 0 Å². The van der Waals surface area contributed by atoms with E-state index in [2.05, 4.69) is 10.5 Å². The molecule has 0 atom stereocenters. The van der Waals surface area contributed by atoms with Crippen molar-refractivity contribution in [2.75, 3.05) is 33.3 Å². The summed E-state index contributed by atoms with van der Waals surface area (Å²) in [4.78, 5) is 5.16. The largest absolute Gasteiger partial charge is 0.399 e. The number of benzene rings is 1. The molecular weight excluding hydrogens is 338 g/mol. The molecule has 0 radical (unpaired) electrons. The van der Waals surface area contributed by atoms with Crippen molar-refractivity contribution in [3.63, 3.8) is 0 Å². The number of nitrogens with zero attached hydrogens (tertiary/aromatic N) is 2. The normalized spacial score (nSPS) is 20.4. The van der Waals surface area contributed by atoms with Crippen LogP contribution in [0.25, 0.3) is 0 Å². The van der Waals surface area contributed by atoms with Crippen LogP contribution in [0.1, 0.15) is 31.2 Å². The van der Waals surface area contributed by atoms with Gasteiger partial charge < -0.3 is 10.2 Å². The molecular formula is C18H27N3O3S. The zero-order valence-corrected chi connectivity index (χ0v) is 15.6. The van der Waals surface area contributed by atoms with Gasteiger partial charge in [0.2, 0.25) is 10.0 Å². The fourth-order valence-electron chi connectivity index (χ4n) is 3.57. The Labute approximate surface area is 150 Å². The lowest BCUT2D eigenvalue weighted by Gasteiger charge is -2.26. The Bertz CT molecular complexity index is 685. The average Bonchev–Trinajstić information content (AvgIpc) is 2.64. The second-order valence-corrected chi connectivity index (χ2v) is 8.72. The summed E-state index contributed by atoms with van der Waals surface area (Å²) in [5, 5.41) is 7.31. The number of rotatable bonds is 5. The van der Waals surface area contributed by atoms with Crippen molar-refractivity contribution in [1.82, 2.24) is 9.62 Å². The van der Waals surface area contributed by atoms with Gasteiger partial charge >= 0.3 is 0 Å². The van der Waals surface area contributed by atoms with Crippen LogP contribution in [-0.2, 0) is 21.3 Å². The van der Waals surface area contributed by atoms with Crippen LogP contribution in [0, 0.1) is 5.92 Å². The molecule has 0 unspecified atom stereocenters. The molecule has 0 bridgehead atoms. The summed E-state index contributed by atoms with van der Waals surface area (Å²) in [5.41, 5.74) is 2.14. The third-order valence-electron chi connectivity index (χ3n) is 5.06. The Morgan fingerprint density at radius 1 is 1.16 bits per heavy atom. The molecule has 0 aliphatic carbocycles. The summed E-state index contributed by atoms with van der Waals surface area (Å²) >= 11 is 0. The number of nitrogens with one attached hydrogen (secondary N) is 1. The first-order valence-electron chi connectivity index (χ1n) is 8.98. The first kappa shape index (κ1) is 18.4. The molecule has 6 nitrogen and oxygen atoms in total. The maximum absolute atomic E-state index is 12.8. The van der Waals surface area contributed by atoms with E-state index in [9.17, 15) is 8.42 Å². The summed E-state index contributed by atoms with van der Waals surface area (Å²) in [6.07, 6.45) is 4.67. The van der Waals surface area contributed by atoms with Gasteiger partial charge in [0.25, 0.3) is 0 Å². The monoisotopic (exact) mass is 365 g/mol. The van der Waals surface area contributed by atoms with E-state index in [1.54, 1.807) is 16.4 Å². The molecule has 0 amide bonds. The number of oxime groups is 1. The fourth-order valence-corrected chi connectivity index (χ4v) is 5.01. The van der Waals surface area contributed by atoms with E-state index < -0.39 is 10.0 Å². The first-order valence-corrected chi connectivity index (χ1v) is 10.4. The Hall–Kier alpha value is -1.44. The van der Waals surface area contributed by atoms with Crippen LogP contribution >= 0.6 is 0 Å². The highest BCUT2D eigenvalue weighted by atomic mass is 32.2. The van der Waals surface area contributed by atoms with Gasteiger partial charge in [0.1, 0.15) is 7.11 Å². The zero-order chi connectivity index (χ0) is 17.7. The highest BCUT2D eigenvalue weighted by Crippen LogP contribution is 2.23. The molecule has 3 rings (SSSR count). The second kappa shape index (κ2) is 8.29. The highest BCUT2D eigenvalue weighted by molar-refractivity contribution is 7.89. The summed E-state index contributed by atoms with van der Waals surface area (Å²) in [6.45, 7) is 3.09. The summed E-state index contributed by atoms with van der Waals surface area (Å²) < 4.78 is 27.1. The van der Waals surface area contributed by atoms with Gasteiger partial charge in [0, 0.05) is 25.9 Å². The summed E-state index contributed by atoms with van der Waals surface area (Å²) in [6, 6.07) is 7.45. The SMILES string of the molecule is CON=C1CCN(S(=O)(=O)c2ccc(CC3CCNCC3)cc2)CC1. The molecule has 1 aromatic carbocycles. The van der Waals surface area contributed by atoms with E-state index in [4.69, 9.17) is 4.84 Å². The van der Waals surface area contributed by atoms with Crippen molar-refractivity contribution < 1.29 is 13.3 Å². The lowest BCUT2D eigenvalue weighted by atomic mass is 9.91. The number of hydrogen-bond donors (Lipinski definition) is 1. The van der Waals surface area contributed by atoms with Crippen molar-refractivity contribution in [1.29, 1.82) is 0 Å². The minimum absolute atomic E-state index is 0.383. The molecule has 138 valence electrons. The molecule has 1 N–H and O–H groups in total. The van der Waals surface area contributed by atoms with Crippen molar-refractivity contribution in [3.05, 3.63) is 29.8 Å². The number of piperidine rings is 2. The number of sulfonamides is 1. The Balaban J connectivity index is 1.63. The molecule has 25 heavy (non-hydrogen) atoms. The van der Waals surface area contributed by atoms with Gasteiger partial charge in [-0.25, -0.2) is 8.42 Å². The lowest BCUT2D eigenvalue weighted by Crippen LogP contribution is -2.38. The van der Waals surface area contributed by atoms with E-state index >= 15 is 0 Å². The van der Waals surface area contributed by atoms with E-state index in [-0.39, 0.29) is 0 Å². The Kier molecular flexibility index (Phi) is 6.09. The van der Waals surface area contributed by atoms with E-state index in [1.165, 1.54) is 25.5 Å². The van der Waals surface area contributed by atoms with Gasteiger partial charge in [0.05, 0.1) is 10.6 Å². The molecule has 0 spiro atoms. The van der Waals surface area contributed by atoms with Crippen LogP contribution in [0.4, 0.5) is 0 Å². The first-order chi connectivity index (χ1) is 12.1. The second-order valence-electron chi connectivity index (χ2n) is 6.79. The summed E-state index contributed by atoms with van der Waals surface area (Å²) in [7, 11) is -1.91. The minimum atomic E-state index is -3.42. The van der Waals surface area contributed by atoms with Gasteiger partial charge in [-0.3, -0.25) is 0 Å². The molecule has 0 aromatic heterocycles. The lowest BCUT2D eigenvalue weighted by molar-refractivity contribution is 0.209. The van der Waals surface area contributed by atoms with Crippen LogP contribution in [-0.4, -0.2) is 51.7 Å².